The molecule has 3 aromatic heterocycles. The number of pyridine rings is 2. The number of aromatic nitrogens is 3. The summed E-state index contributed by atoms with van der Waals surface area (Å²) in [6, 6.07) is 5.08. The molecule has 4 heterocycles. The number of carbonyl (C=O) groups is 1. The number of nitrogens with zero attached hydrogens (tertiary/aromatic N) is 5. The van der Waals surface area contributed by atoms with Crippen molar-refractivity contribution in [3.63, 3.8) is 0 Å². The Morgan fingerprint density at radius 3 is 2.67 bits per heavy atom. The smallest absolute Gasteiger partial charge is 0.302 e. The number of fused-ring (bicyclic) bond motifs is 2. The highest BCUT2D eigenvalue weighted by atomic mass is 32.2. The summed E-state index contributed by atoms with van der Waals surface area (Å²) in [6.07, 6.45) is 5.60. The van der Waals surface area contributed by atoms with Crippen molar-refractivity contribution >= 4 is 43.6 Å². The van der Waals surface area contributed by atoms with E-state index in [1.807, 2.05) is 0 Å². The Hall–Kier alpha value is -2.71. The number of amides is 1. The SMILES string of the molecule is CN(C)S(=O)(=O)Nc1ccc([C@@H](CCN2CC[C@@H](O)C2)NC(=O)c2nc3cc4c(nc3s2)CC[C@H](C(C)(C)C)C4)cn1. The van der Waals surface area contributed by atoms with E-state index in [2.05, 4.69) is 51.7 Å². The second-order valence-electron chi connectivity index (χ2n) is 12.7. The van der Waals surface area contributed by atoms with Crippen molar-refractivity contribution in [3.8, 4) is 0 Å². The third kappa shape index (κ3) is 7.08. The second kappa shape index (κ2) is 12.1. The zero-order valence-electron chi connectivity index (χ0n) is 24.9. The molecule has 0 spiro atoms. The molecule has 1 saturated heterocycles. The molecule has 1 aliphatic heterocycles. The van der Waals surface area contributed by atoms with Gasteiger partial charge in [0.05, 0.1) is 12.1 Å². The molecule has 228 valence electrons. The average molecular weight is 616 g/mol. The van der Waals surface area contributed by atoms with Gasteiger partial charge in [0.1, 0.15) is 16.2 Å². The second-order valence-corrected chi connectivity index (χ2v) is 15.5. The van der Waals surface area contributed by atoms with Crippen molar-refractivity contribution in [2.75, 3.05) is 38.5 Å². The van der Waals surface area contributed by atoms with Crippen LogP contribution < -0.4 is 10.0 Å². The maximum atomic E-state index is 13.5. The number of anilines is 1. The topological polar surface area (TPSA) is 141 Å². The highest BCUT2D eigenvalue weighted by Gasteiger charge is 2.30. The lowest BCUT2D eigenvalue weighted by molar-refractivity contribution is 0.0930. The van der Waals surface area contributed by atoms with Crippen LogP contribution in [0.4, 0.5) is 5.82 Å². The van der Waals surface area contributed by atoms with Crippen LogP contribution in [0.5, 0.6) is 0 Å². The average Bonchev–Trinajstić information content (AvgIpc) is 3.54. The summed E-state index contributed by atoms with van der Waals surface area (Å²) in [4.78, 5) is 30.3. The summed E-state index contributed by atoms with van der Waals surface area (Å²) >= 11 is 1.30. The first-order valence-electron chi connectivity index (χ1n) is 14.5. The molecule has 13 heteroatoms. The molecule has 11 nitrogen and oxygen atoms in total. The van der Waals surface area contributed by atoms with E-state index in [1.54, 1.807) is 18.3 Å². The van der Waals surface area contributed by atoms with Gasteiger partial charge in [0.15, 0.2) is 5.01 Å². The Bertz CT molecular complexity index is 1530. The molecular weight excluding hydrogens is 574 g/mol. The zero-order valence-corrected chi connectivity index (χ0v) is 26.6. The van der Waals surface area contributed by atoms with Crippen molar-refractivity contribution in [2.24, 2.45) is 11.3 Å². The number of nitrogens with one attached hydrogen (secondary N) is 2. The van der Waals surface area contributed by atoms with Gasteiger partial charge in [-0.3, -0.25) is 9.52 Å². The largest absolute Gasteiger partial charge is 0.392 e. The fourth-order valence-corrected chi connectivity index (χ4v) is 7.02. The van der Waals surface area contributed by atoms with Crippen molar-refractivity contribution in [1.29, 1.82) is 0 Å². The number of rotatable bonds is 9. The number of thiazole rings is 1. The Kier molecular flexibility index (Phi) is 8.87. The highest BCUT2D eigenvalue weighted by Crippen LogP contribution is 2.38. The van der Waals surface area contributed by atoms with Crippen LogP contribution in [0.1, 0.15) is 72.7 Å². The molecular formula is C29H41N7O4S2. The Labute approximate surface area is 251 Å². The number of carbonyl (C=O) groups excluding carboxylic acids is 1. The third-order valence-electron chi connectivity index (χ3n) is 8.36. The normalized spacial score (nSPS) is 20.5. The number of aryl methyl sites for hydroxylation is 1. The lowest BCUT2D eigenvalue weighted by Gasteiger charge is -2.34. The molecule has 3 atom stereocenters. The fourth-order valence-electron chi connectivity index (χ4n) is 5.61. The third-order valence-corrected chi connectivity index (χ3v) is 10.7. The molecule has 1 aliphatic carbocycles. The maximum Gasteiger partial charge on any atom is 0.302 e. The van der Waals surface area contributed by atoms with Gasteiger partial charge in [-0.1, -0.05) is 38.2 Å². The van der Waals surface area contributed by atoms with Gasteiger partial charge in [0.25, 0.3) is 5.91 Å². The van der Waals surface area contributed by atoms with E-state index in [0.29, 0.717) is 30.4 Å². The molecule has 0 unspecified atom stereocenters. The molecule has 42 heavy (non-hydrogen) atoms. The summed E-state index contributed by atoms with van der Waals surface area (Å²) in [5.74, 6) is 0.490. The van der Waals surface area contributed by atoms with Crippen molar-refractivity contribution in [2.45, 2.75) is 65.0 Å². The van der Waals surface area contributed by atoms with Gasteiger partial charge in [0, 0.05) is 45.6 Å². The van der Waals surface area contributed by atoms with Crippen LogP contribution in [-0.2, 0) is 23.1 Å². The van der Waals surface area contributed by atoms with E-state index in [1.165, 1.54) is 31.0 Å². The Morgan fingerprint density at radius 1 is 1.24 bits per heavy atom. The molecule has 0 aromatic carbocycles. The van der Waals surface area contributed by atoms with Crippen molar-refractivity contribution in [1.82, 2.24) is 29.5 Å². The molecule has 2 aliphatic rings. The Morgan fingerprint density at radius 2 is 2.02 bits per heavy atom. The number of likely N-dealkylation sites (tertiary alicyclic amines) is 1. The van der Waals surface area contributed by atoms with Gasteiger partial charge < -0.3 is 15.3 Å². The van der Waals surface area contributed by atoms with Gasteiger partial charge in [0.2, 0.25) is 0 Å². The van der Waals surface area contributed by atoms with E-state index < -0.39 is 10.2 Å². The first-order valence-corrected chi connectivity index (χ1v) is 16.7. The minimum Gasteiger partial charge on any atom is -0.392 e. The van der Waals surface area contributed by atoms with Crippen LogP contribution >= 0.6 is 11.3 Å². The zero-order chi connectivity index (χ0) is 30.2. The lowest BCUT2D eigenvalue weighted by atomic mass is 9.71. The fraction of sp³-hybridized carbons (Fsp3) is 0.586. The van der Waals surface area contributed by atoms with Crippen LogP contribution in [0.15, 0.2) is 24.4 Å². The lowest BCUT2D eigenvalue weighted by Crippen LogP contribution is -2.32. The van der Waals surface area contributed by atoms with Crippen LogP contribution in [0.3, 0.4) is 0 Å². The van der Waals surface area contributed by atoms with Gasteiger partial charge in [-0.2, -0.15) is 12.7 Å². The molecule has 3 aromatic rings. The minimum absolute atomic E-state index is 0.190. The maximum absolute atomic E-state index is 13.5. The van der Waals surface area contributed by atoms with Crippen LogP contribution in [0, 0.1) is 11.3 Å². The molecule has 5 rings (SSSR count). The summed E-state index contributed by atoms with van der Waals surface area (Å²) in [7, 11) is -0.813. The van der Waals surface area contributed by atoms with Crippen molar-refractivity contribution in [3.05, 3.63) is 46.2 Å². The quantitative estimate of drug-likeness (QED) is 0.333. The van der Waals surface area contributed by atoms with E-state index in [-0.39, 0.29) is 29.3 Å². The van der Waals surface area contributed by atoms with Crippen LogP contribution in [0.25, 0.3) is 10.3 Å². The van der Waals surface area contributed by atoms with Crippen LogP contribution in [0.2, 0.25) is 0 Å². The molecule has 1 amide bonds. The molecule has 3 N–H and O–H groups in total. The predicted octanol–water partition coefficient (Wildman–Crippen LogP) is 3.38. The highest BCUT2D eigenvalue weighted by molar-refractivity contribution is 7.90. The number of aliphatic hydroxyl groups excluding tert-OH is 1. The number of hydrogen-bond acceptors (Lipinski definition) is 9. The number of hydrogen-bond donors (Lipinski definition) is 3. The minimum atomic E-state index is -3.69. The van der Waals surface area contributed by atoms with E-state index in [0.717, 1.165) is 58.1 Å². The van der Waals surface area contributed by atoms with Gasteiger partial charge in [-0.15, -0.1) is 0 Å². The first-order chi connectivity index (χ1) is 19.8. The van der Waals surface area contributed by atoms with Gasteiger partial charge in [-0.05, 0) is 66.7 Å². The standard InChI is InChI=1S/C29H41N7O4S2/c1-29(2,3)20-7-8-22-19(14-20)15-24-27(32-22)41-28(33-24)26(38)31-23(11-13-36-12-10-21(37)17-36)18-6-9-25(30-16-18)34-42(39,40)35(4)5/h6,9,15-16,20-21,23,37H,7-8,10-14,17H2,1-5H3,(H,30,34)(H,31,38)/t20-,21+,23+/m0/s1. The van der Waals surface area contributed by atoms with Crippen LogP contribution in [-0.4, -0.2) is 83.4 Å². The molecule has 0 saturated carbocycles. The number of aliphatic hydroxyl groups is 1. The molecule has 0 bridgehead atoms. The van der Waals surface area contributed by atoms with E-state index in [4.69, 9.17) is 4.98 Å². The van der Waals surface area contributed by atoms with Gasteiger partial charge in [-0.25, -0.2) is 15.0 Å². The summed E-state index contributed by atoms with van der Waals surface area (Å²) in [5.41, 5.74) is 4.07. The Balaban J connectivity index is 1.34. The van der Waals surface area contributed by atoms with Gasteiger partial charge >= 0.3 is 10.2 Å². The summed E-state index contributed by atoms with van der Waals surface area (Å²) in [6.45, 7) is 8.94. The molecule has 1 fully saturated rings. The first kappa shape index (κ1) is 30.7. The number of β-amino-alcohol motifs (C(OH)–C–C–N with tert-alkyl or cyclic N) is 1. The molecule has 0 radical (unpaired) electrons. The summed E-state index contributed by atoms with van der Waals surface area (Å²) in [5, 5.41) is 13.4. The van der Waals surface area contributed by atoms with E-state index >= 15 is 0 Å². The summed E-state index contributed by atoms with van der Waals surface area (Å²) < 4.78 is 27.9. The van der Waals surface area contributed by atoms with E-state index in [9.17, 15) is 18.3 Å². The van der Waals surface area contributed by atoms with Crippen molar-refractivity contribution < 1.29 is 18.3 Å². The predicted molar refractivity (Wildman–Crippen MR) is 165 cm³/mol. The monoisotopic (exact) mass is 615 g/mol.